The van der Waals surface area contributed by atoms with E-state index >= 15 is 0 Å². The molecule has 11 heteroatoms. The molecule has 1 aromatic carbocycles. The van der Waals surface area contributed by atoms with Crippen LogP contribution in [0.3, 0.4) is 0 Å². The van der Waals surface area contributed by atoms with Crippen molar-refractivity contribution >= 4 is 40.0 Å². The highest BCUT2D eigenvalue weighted by molar-refractivity contribution is 6.33. The highest BCUT2D eigenvalue weighted by Crippen LogP contribution is 2.37. The van der Waals surface area contributed by atoms with Gasteiger partial charge in [-0.05, 0) is 26.3 Å². The number of fused-ring (bicyclic) bond motifs is 1. The van der Waals surface area contributed by atoms with Gasteiger partial charge in [-0.25, -0.2) is 9.97 Å². The number of benzene rings is 1. The van der Waals surface area contributed by atoms with Crippen molar-refractivity contribution < 1.29 is 19.0 Å². The molecule has 1 fully saturated rings. The smallest absolute Gasteiger partial charge is 0.219 e. The molecule has 37 heavy (non-hydrogen) atoms. The fourth-order valence-electron chi connectivity index (χ4n) is 4.16. The van der Waals surface area contributed by atoms with Crippen LogP contribution in [0.1, 0.15) is 27.2 Å². The van der Waals surface area contributed by atoms with Gasteiger partial charge in [0.05, 0.1) is 35.7 Å². The lowest BCUT2D eigenvalue weighted by atomic mass is 10.2. The summed E-state index contributed by atoms with van der Waals surface area (Å²) in [5.41, 5.74) is 0.671. The van der Waals surface area contributed by atoms with Gasteiger partial charge in [0.25, 0.3) is 0 Å². The molecule has 3 heterocycles. The summed E-state index contributed by atoms with van der Waals surface area (Å²) in [6.07, 6.45) is 2.27. The van der Waals surface area contributed by atoms with Gasteiger partial charge in [-0.2, -0.15) is 4.98 Å². The third-order valence-corrected chi connectivity index (χ3v) is 6.31. The zero-order valence-corrected chi connectivity index (χ0v) is 22.4. The largest absolute Gasteiger partial charge is 0.493 e. The van der Waals surface area contributed by atoms with E-state index in [0.29, 0.717) is 51.5 Å². The summed E-state index contributed by atoms with van der Waals surface area (Å²) < 4.78 is 17.5. The van der Waals surface area contributed by atoms with Gasteiger partial charge >= 0.3 is 0 Å². The van der Waals surface area contributed by atoms with E-state index in [1.54, 1.807) is 26.2 Å². The minimum atomic E-state index is -0.0706. The number of nitrogens with one attached hydrogen (secondary N) is 1. The molecule has 0 atom stereocenters. The second-order valence-electron chi connectivity index (χ2n) is 9.06. The first-order valence-corrected chi connectivity index (χ1v) is 12.8. The summed E-state index contributed by atoms with van der Waals surface area (Å²) in [4.78, 5) is 29.0. The fraction of sp³-hybridized carbons (Fsp3) is 0.462. The van der Waals surface area contributed by atoms with E-state index in [2.05, 4.69) is 25.2 Å². The van der Waals surface area contributed by atoms with E-state index in [-0.39, 0.29) is 12.0 Å². The number of anilines is 2. The van der Waals surface area contributed by atoms with Gasteiger partial charge in [0.2, 0.25) is 11.8 Å². The third-order valence-electron chi connectivity index (χ3n) is 6.01. The maximum atomic E-state index is 11.5. The Morgan fingerprint density at radius 3 is 2.62 bits per heavy atom. The van der Waals surface area contributed by atoms with Crippen LogP contribution in [0.4, 0.5) is 11.6 Å². The molecular formula is C26H33ClN6O4. The quantitative estimate of drug-likeness (QED) is 0.389. The lowest BCUT2D eigenvalue weighted by Gasteiger charge is -2.34. The molecular weight excluding hydrogens is 496 g/mol. The second-order valence-corrected chi connectivity index (χ2v) is 9.47. The molecule has 1 amide bonds. The number of pyridine rings is 1. The third kappa shape index (κ3) is 6.90. The second kappa shape index (κ2) is 12.2. The predicted molar refractivity (Wildman–Crippen MR) is 143 cm³/mol. The highest BCUT2D eigenvalue weighted by atomic mass is 35.5. The SMILES string of the molecule is COc1ccc(Cl)c(Nc2ncnc3cc(OCCCN4CCN(C(C)=O)CC4)cc(OC(C)C)c23)n1. The van der Waals surface area contributed by atoms with Crippen LogP contribution in [0.2, 0.25) is 5.02 Å². The van der Waals surface area contributed by atoms with Crippen molar-refractivity contribution in [1.29, 1.82) is 0 Å². The molecule has 0 unspecified atom stereocenters. The van der Waals surface area contributed by atoms with Crippen LogP contribution >= 0.6 is 11.6 Å². The lowest BCUT2D eigenvalue weighted by Crippen LogP contribution is -2.48. The first-order chi connectivity index (χ1) is 17.8. The Labute approximate surface area is 221 Å². The maximum absolute atomic E-state index is 11.5. The van der Waals surface area contributed by atoms with Crippen LogP contribution in [0.5, 0.6) is 17.4 Å². The molecule has 3 aromatic rings. The van der Waals surface area contributed by atoms with Gasteiger partial charge in [-0.3, -0.25) is 9.69 Å². The monoisotopic (exact) mass is 528 g/mol. The van der Waals surface area contributed by atoms with E-state index in [9.17, 15) is 4.79 Å². The molecule has 198 valence electrons. The van der Waals surface area contributed by atoms with Crippen molar-refractivity contribution in [3.63, 3.8) is 0 Å². The molecule has 1 aliphatic heterocycles. The molecule has 1 saturated heterocycles. The van der Waals surface area contributed by atoms with Crippen LogP contribution < -0.4 is 19.5 Å². The summed E-state index contributed by atoms with van der Waals surface area (Å²) in [6.45, 7) is 10.4. The minimum absolute atomic E-state index is 0.0706. The summed E-state index contributed by atoms with van der Waals surface area (Å²) in [7, 11) is 1.55. The molecule has 0 spiro atoms. The van der Waals surface area contributed by atoms with Crippen LogP contribution in [-0.2, 0) is 4.79 Å². The van der Waals surface area contributed by atoms with Crippen LogP contribution in [0, 0.1) is 0 Å². The van der Waals surface area contributed by atoms with Crippen molar-refractivity contribution in [2.45, 2.75) is 33.3 Å². The number of ether oxygens (including phenoxy) is 3. The molecule has 1 aliphatic rings. The molecule has 0 aliphatic carbocycles. The van der Waals surface area contributed by atoms with Gasteiger partial charge in [0, 0.05) is 57.8 Å². The zero-order chi connectivity index (χ0) is 26.4. The van der Waals surface area contributed by atoms with E-state index < -0.39 is 0 Å². The van der Waals surface area contributed by atoms with E-state index in [0.717, 1.165) is 39.1 Å². The van der Waals surface area contributed by atoms with E-state index in [1.165, 1.54) is 6.33 Å². The Bertz CT molecular complexity index is 1230. The Kier molecular flexibility index (Phi) is 8.83. The number of halogens is 1. The number of amides is 1. The Balaban J connectivity index is 1.48. The number of carbonyl (C=O) groups excluding carboxylic acids is 1. The lowest BCUT2D eigenvalue weighted by molar-refractivity contribution is -0.130. The zero-order valence-electron chi connectivity index (χ0n) is 21.7. The van der Waals surface area contributed by atoms with Crippen molar-refractivity contribution in [1.82, 2.24) is 24.8 Å². The van der Waals surface area contributed by atoms with Crippen molar-refractivity contribution in [3.8, 4) is 17.4 Å². The van der Waals surface area contributed by atoms with Gasteiger partial charge in [0.15, 0.2) is 5.82 Å². The summed E-state index contributed by atoms with van der Waals surface area (Å²) in [5, 5.41) is 4.33. The van der Waals surface area contributed by atoms with E-state index in [4.69, 9.17) is 25.8 Å². The Morgan fingerprint density at radius 2 is 1.92 bits per heavy atom. The molecule has 4 rings (SSSR count). The first-order valence-electron chi connectivity index (χ1n) is 12.4. The van der Waals surface area contributed by atoms with Gasteiger partial charge in [-0.15, -0.1) is 0 Å². The predicted octanol–water partition coefficient (Wildman–Crippen LogP) is 4.15. The Morgan fingerprint density at radius 1 is 1.14 bits per heavy atom. The average molecular weight is 529 g/mol. The summed E-state index contributed by atoms with van der Waals surface area (Å²) in [6, 6.07) is 7.14. The number of hydrogen-bond donors (Lipinski definition) is 1. The normalized spacial score (nSPS) is 14.2. The van der Waals surface area contributed by atoms with Gasteiger partial charge in [0.1, 0.15) is 23.6 Å². The highest BCUT2D eigenvalue weighted by Gasteiger charge is 2.19. The summed E-state index contributed by atoms with van der Waals surface area (Å²) >= 11 is 6.36. The van der Waals surface area contributed by atoms with Gasteiger partial charge in [-0.1, -0.05) is 11.6 Å². The van der Waals surface area contributed by atoms with Crippen LogP contribution in [0.25, 0.3) is 10.9 Å². The minimum Gasteiger partial charge on any atom is -0.493 e. The molecule has 1 N–H and O–H groups in total. The molecule has 0 radical (unpaired) electrons. The topological polar surface area (TPSA) is 102 Å². The Hall–Kier alpha value is -3.37. The molecule has 0 saturated carbocycles. The standard InChI is InChI=1S/C26H33ClN6O4/c1-17(2)37-22-15-19(36-13-5-8-32-9-11-33(12-10-32)18(3)34)14-21-24(22)26(29-16-28-21)31-25-20(27)6-7-23(30-25)35-4/h6-7,14-17H,5,8-13H2,1-4H3,(H,28,29,30,31). The van der Waals surface area contributed by atoms with Crippen LogP contribution in [-0.4, -0.2) is 83.2 Å². The summed E-state index contributed by atoms with van der Waals surface area (Å²) in [5.74, 6) is 2.78. The number of methoxy groups -OCH3 is 1. The average Bonchev–Trinajstić information content (AvgIpc) is 2.88. The maximum Gasteiger partial charge on any atom is 0.219 e. The number of rotatable bonds is 10. The first kappa shape index (κ1) is 26.7. The molecule has 2 aromatic heterocycles. The van der Waals surface area contributed by atoms with Crippen molar-refractivity contribution in [2.75, 3.05) is 51.8 Å². The molecule has 10 nitrogen and oxygen atoms in total. The van der Waals surface area contributed by atoms with Crippen molar-refractivity contribution in [3.05, 3.63) is 35.6 Å². The van der Waals surface area contributed by atoms with E-state index in [1.807, 2.05) is 30.9 Å². The number of carbonyl (C=O) groups is 1. The number of hydrogen-bond acceptors (Lipinski definition) is 9. The fourth-order valence-corrected chi connectivity index (χ4v) is 4.31. The number of piperazine rings is 1. The van der Waals surface area contributed by atoms with Crippen LogP contribution in [0.15, 0.2) is 30.6 Å². The number of nitrogens with zero attached hydrogens (tertiary/aromatic N) is 5. The number of aromatic nitrogens is 3. The van der Waals surface area contributed by atoms with Crippen molar-refractivity contribution in [2.24, 2.45) is 0 Å². The van der Waals surface area contributed by atoms with Gasteiger partial charge < -0.3 is 24.4 Å². The molecule has 0 bridgehead atoms.